The molecule has 0 spiro atoms. The first kappa shape index (κ1) is 33.9. The Morgan fingerprint density at radius 3 is 2.37 bits per heavy atom. The van der Waals surface area contributed by atoms with Gasteiger partial charge < -0.3 is 29.4 Å². The molecule has 6 rings (SSSR count). The van der Waals surface area contributed by atoms with Gasteiger partial charge in [0.1, 0.15) is 5.82 Å². The van der Waals surface area contributed by atoms with Gasteiger partial charge in [-0.1, -0.05) is 36.4 Å². The molecule has 1 fully saturated rings. The Hall–Kier alpha value is -4.94. The molecule has 0 bridgehead atoms. The summed E-state index contributed by atoms with van der Waals surface area (Å²) in [5.74, 6) is 0.975. The number of para-hydroxylation sites is 4. The van der Waals surface area contributed by atoms with E-state index in [1.54, 1.807) is 23.4 Å². The number of piperidine rings is 1. The monoisotopic (exact) mass is 668 g/mol. The number of rotatable bonds is 14. The lowest BCUT2D eigenvalue weighted by molar-refractivity contribution is -0.132. The fourth-order valence-electron chi connectivity index (χ4n) is 7.03. The summed E-state index contributed by atoms with van der Waals surface area (Å²) in [7, 11) is 3.31. The average Bonchev–Trinajstić information content (AvgIpc) is 3.62. The molecule has 3 aromatic carbocycles. The second-order valence-corrected chi connectivity index (χ2v) is 12.6. The van der Waals surface area contributed by atoms with E-state index in [4.69, 9.17) is 14.5 Å². The first-order chi connectivity index (χ1) is 23.9. The van der Waals surface area contributed by atoms with Gasteiger partial charge in [-0.15, -0.1) is 0 Å². The Morgan fingerprint density at radius 1 is 0.918 bits per heavy atom. The maximum Gasteiger partial charge on any atom is 0.404 e. The number of hydrogen-bond acceptors (Lipinski definition) is 6. The highest BCUT2D eigenvalue weighted by Crippen LogP contribution is 2.30. The highest BCUT2D eigenvalue weighted by Gasteiger charge is 2.30. The molecule has 3 heterocycles. The number of benzene rings is 3. The second kappa shape index (κ2) is 15.5. The minimum absolute atomic E-state index is 0.0392. The Kier molecular flexibility index (Phi) is 10.8. The van der Waals surface area contributed by atoms with E-state index in [0.29, 0.717) is 45.0 Å². The number of aryl methyl sites for hydroxylation is 1. The zero-order valence-electron chi connectivity index (χ0n) is 28.1. The quantitative estimate of drug-likeness (QED) is 0.163. The van der Waals surface area contributed by atoms with Crippen LogP contribution in [0.2, 0.25) is 0 Å². The van der Waals surface area contributed by atoms with Crippen LogP contribution in [0.5, 0.6) is 0 Å². The summed E-state index contributed by atoms with van der Waals surface area (Å²) >= 11 is 0. The number of aromatic nitrogens is 4. The van der Waals surface area contributed by atoms with Gasteiger partial charge in [-0.05, 0) is 67.6 Å². The summed E-state index contributed by atoms with van der Waals surface area (Å²) in [6.45, 7) is 3.44. The first-order valence-electron chi connectivity index (χ1n) is 16.9. The lowest BCUT2D eigenvalue weighted by Gasteiger charge is -2.33. The van der Waals surface area contributed by atoms with Gasteiger partial charge >= 0.3 is 11.8 Å². The van der Waals surface area contributed by atoms with Crippen LogP contribution in [0.1, 0.15) is 43.0 Å². The third-order valence-electron chi connectivity index (χ3n) is 9.33. The van der Waals surface area contributed by atoms with Crippen molar-refractivity contribution >= 4 is 34.1 Å². The van der Waals surface area contributed by atoms with Crippen molar-refractivity contribution in [1.82, 2.24) is 28.9 Å². The summed E-state index contributed by atoms with van der Waals surface area (Å²) in [6, 6.07) is 22.6. The van der Waals surface area contributed by atoms with Crippen LogP contribution in [0.4, 0.5) is 4.79 Å². The predicted octanol–water partition coefficient (Wildman–Crippen LogP) is 4.80. The molecule has 1 aliphatic heterocycles. The van der Waals surface area contributed by atoms with Gasteiger partial charge in [0.2, 0.25) is 5.91 Å². The van der Waals surface area contributed by atoms with Crippen LogP contribution >= 0.6 is 0 Å². The third-order valence-corrected chi connectivity index (χ3v) is 9.33. The van der Waals surface area contributed by atoms with Crippen molar-refractivity contribution in [3.05, 3.63) is 94.7 Å². The van der Waals surface area contributed by atoms with Crippen LogP contribution in [-0.4, -0.2) is 87.3 Å². The number of nitrogens with one attached hydrogen (secondary N) is 1. The molecule has 0 radical (unpaired) electrons. The Bertz CT molecular complexity index is 1960. The average molecular weight is 669 g/mol. The van der Waals surface area contributed by atoms with Gasteiger partial charge in [-0.3, -0.25) is 13.9 Å². The Balaban J connectivity index is 1.16. The van der Waals surface area contributed by atoms with E-state index >= 15 is 0 Å². The second-order valence-electron chi connectivity index (χ2n) is 12.6. The number of methoxy groups -OCH3 is 2. The number of carbonyl (C=O) groups is 2. The van der Waals surface area contributed by atoms with Crippen LogP contribution in [-0.2, 0) is 33.8 Å². The molecular formula is C37H44N6O6. The zero-order chi connectivity index (χ0) is 34.3. The van der Waals surface area contributed by atoms with Gasteiger partial charge in [0.05, 0.1) is 40.9 Å². The zero-order valence-corrected chi connectivity index (χ0v) is 28.1. The fourth-order valence-corrected chi connectivity index (χ4v) is 7.03. The smallest absolute Gasteiger partial charge is 0.404 e. The van der Waals surface area contributed by atoms with Crippen molar-refractivity contribution in [2.75, 3.05) is 40.5 Å². The molecule has 5 aromatic rings. The number of fused-ring (bicyclic) bond motifs is 2. The summed E-state index contributed by atoms with van der Waals surface area (Å²) in [5, 5.41) is 12.2. The number of likely N-dealkylation sites (tertiary alicyclic amines) is 1. The molecule has 2 N–H and O–H groups in total. The van der Waals surface area contributed by atoms with Gasteiger partial charge in [0, 0.05) is 58.8 Å². The minimum Gasteiger partial charge on any atom is -0.465 e. The molecular weight excluding hydrogens is 624 g/mol. The summed E-state index contributed by atoms with van der Waals surface area (Å²) in [4.78, 5) is 45.8. The molecule has 12 nitrogen and oxygen atoms in total. The largest absolute Gasteiger partial charge is 0.465 e. The Morgan fingerprint density at radius 2 is 1.63 bits per heavy atom. The van der Waals surface area contributed by atoms with Crippen molar-refractivity contribution in [3.63, 3.8) is 0 Å². The number of hydrogen-bond donors (Lipinski definition) is 2. The van der Waals surface area contributed by atoms with Crippen molar-refractivity contribution in [2.45, 2.75) is 57.2 Å². The topological polar surface area (TPSA) is 133 Å². The number of nitrogens with zero attached hydrogens (tertiary/aromatic N) is 5. The number of amides is 2. The fraction of sp³-hybridized carbons (Fsp3) is 0.405. The van der Waals surface area contributed by atoms with Gasteiger partial charge in [0.25, 0.3) is 0 Å². The van der Waals surface area contributed by atoms with Crippen molar-refractivity contribution in [2.24, 2.45) is 0 Å². The minimum atomic E-state index is -1.17. The number of imidazole rings is 2. The number of ether oxygens (including phenoxy) is 2. The van der Waals surface area contributed by atoms with Crippen LogP contribution in [0, 0.1) is 0 Å². The van der Waals surface area contributed by atoms with Gasteiger partial charge in [-0.25, -0.2) is 14.6 Å². The highest BCUT2D eigenvalue weighted by atomic mass is 16.5. The molecule has 2 atom stereocenters. The first-order valence-corrected chi connectivity index (χ1v) is 16.9. The lowest BCUT2D eigenvalue weighted by atomic mass is 9.95. The van der Waals surface area contributed by atoms with Crippen LogP contribution in [0.25, 0.3) is 27.8 Å². The highest BCUT2D eigenvalue weighted by molar-refractivity contribution is 5.79. The molecule has 1 aliphatic rings. The lowest BCUT2D eigenvalue weighted by Crippen LogP contribution is -2.44. The van der Waals surface area contributed by atoms with E-state index < -0.39 is 12.1 Å². The SMILES string of the molecule is COCCCn1c([C@@H]2CCCN(C(=O)C[C@@H](Cc3ccc(-n4c(=O)n(CCOC)c5ccccc54)cc3)NC(=O)O)C2)nc2ccccc21. The van der Waals surface area contributed by atoms with Crippen LogP contribution in [0.15, 0.2) is 77.6 Å². The summed E-state index contributed by atoms with van der Waals surface area (Å²) in [5.41, 5.74) is 5.03. The van der Waals surface area contributed by atoms with Crippen molar-refractivity contribution in [1.29, 1.82) is 0 Å². The molecule has 12 heteroatoms. The van der Waals surface area contributed by atoms with Crippen LogP contribution in [0.3, 0.4) is 0 Å². The molecule has 0 unspecified atom stereocenters. The van der Waals surface area contributed by atoms with E-state index in [2.05, 4.69) is 16.0 Å². The maximum atomic E-state index is 13.7. The Labute approximate surface area is 284 Å². The van der Waals surface area contributed by atoms with Crippen LogP contribution < -0.4 is 11.0 Å². The van der Waals surface area contributed by atoms with Crippen molar-refractivity contribution in [3.8, 4) is 5.69 Å². The number of carboxylic acid groups (broad SMARTS) is 1. The van der Waals surface area contributed by atoms with E-state index in [0.717, 1.165) is 59.3 Å². The molecule has 1 saturated heterocycles. The summed E-state index contributed by atoms with van der Waals surface area (Å²) in [6.07, 6.45) is 1.82. The maximum absolute atomic E-state index is 13.7. The van der Waals surface area contributed by atoms with Gasteiger partial charge in [-0.2, -0.15) is 0 Å². The molecule has 0 aliphatic carbocycles. The molecule has 2 aromatic heterocycles. The molecule has 2 amide bonds. The van der Waals surface area contributed by atoms with Gasteiger partial charge in [0.15, 0.2) is 0 Å². The standard InChI is InChI=1S/C37H44N6O6/c1-48-21-8-19-41-31-11-4-3-10-30(31)39-35(41)27-9-7-18-40(25-27)34(44)24-28(38-36(45)46)23-26-14-16-29(17-15-26)43-33-13-6-5-12-32(33)42(37(43)47)20-22-49-2/h3-6,10-17,27-28,38H,7-9,18-25H2,1-2H3,(H,45,46)/t27-,28-/m1/s1. The molecule has 0 saturated carbocycles. The molecule has 258 valence electrons. The third kappa shape index (κ3) is 7.55. The van der Waals surface area contributed by atoms with E-state index in [9.17, 15) is 19.5 Å². The predicted molar refractivity (Wildman–Crippen MR) is 187 cm³/mol. The van der Waals surface area contributed by atoms with E-state index in [1.807, 2.05) is 71.6 Å². The normalized spacial score (nSPS) is 15.6. The van der Waals surface area contributed by atoms with E-state index in [-0.39, 0.29) is 23.9 Å². The number of carbonyl (C=O) groups excluding carboxylic acids is 1. The van der Waals surface area contributed by atoms with E-state index in [1.165, 1.54) is 0 Å². The van der Waals surface area contributed by atoms with Crippen molar-refractivity contribution < 1.29 is 24.2 Å². The molecule has 49 heavy (non-hydrogen) atoms. The summed E-state index contributed by atoms with van der Waals surface area (Å²) < 4.78 is 16.1.